The topological polar surface area (TPSA) is 18.5 Å². The summed E-state index contributed by atoms with van der Waals surface area (Å²) in [5.74, 6) is 0. The lowest BCUT2D eigenvalue weighted by Gasteiger charge is -2.37. The Morgan fingerprint density at radius 3 is 1.93 bits per heavy atom. The van der Waals surface area contributed by atoms with Crippen molar-refractivity contribution in [1.82, 2.24) is 0 Å². The van der Waals surface area contributed by atoms with E-state index in [4.69, 9.17) is 9.47 Å². The Hall–Kier alpha value is 0.650. The van der Waals surface area contributed by atoms with Crippen LogP contribution in [0.2, 0.25) is 0 Å². The van der Waals surface area contributed by atoms with Gasteiger partial charge in [-0.3, -0.25) is 0 Å². The van der Waals surface area contributed by atoms with E-state index >= 15 is 0 Å². The minimum absolute atomic E-state index is 0.203. The third-order valence-corrected chi connectivity index (χ3v) is 4.76. The molecule has 0 aliphatic carbocycles. The molecule has 0 aromatic carbocycles. The van der Waals surface area contributed by atoms with Crippen molar-refractivity contribution in [3.8, 4) is 0 Å². The van der Waals surface area contributed by atoms with E-state index in [1.807, 2.05) is 0 Å². The fraction of sp³-hybridized carbons (Fsp3) is 1.00. The van der Waals surface area contributed by atoms with E-state index in [1.54, 1.807) is 14.2 Å². The third kappa shape index (κ3) is 5.00. The maximum Gasteiger partial charge on any atom is 0.0550 e. The summed E-state index contributed by atoms with van der Waals surface area (Å²) in [4.78, 5) is 0. The minimum atomic E-state index is 0.203. The van der Waals surface area contributed by atoms with E-state index in [0.717, 1.165) is 13.2 Å². The zero-order valence-corrected chi connectivity index (χ0v) is 12.7. The Kier molecular flexibility index (Phi) is 9.14. The van der Waals surface area contributed by atoms with Gasteiger partial charge in [-0.05, 0) is 12.8 Å². The van der Waals surface area contributed by atoms with E-state index in [1.165, 1.54) is 25.7 Å². The number of hydrogen-bond acceptors (Lipinski definition) is 2. The van der Waals surface area contributed by atoms with Gasteiger partial charge in [0.15, 0.2) is 0 Å². The molecule has 0 aromatic heterocycles. The van der Waals surface area contributed by atoms with Gasteiger partial charge in [0.1, 0.15) is 0 Å². The molecule has 0 bridgehead atoms. The highest BCUT2D eigenvalue weighted by Gasteiger charge is 2.36. The average molecular weight is 328 g/mol. The molecule has 1 atom stereocenters. The van der Waals surface area contributed by atoms with Gasteiger partial charge in [0.25, 0.3) is 0 Å². The number of rotatable bonds is 9. The first-order chi connectivity index (χ1) is 7.16. The van der Waals surface area contributed by atoms with Gasteiger partial charge in [0, 0.05) is 23.6 Å². The number of alkyl halides is 1. The molecule has 0 N–H and O–H groups in total. The highest BCUT2D eigenvalue weighted by molar-refractivity contribution is 14.1. The molecule has 0 spiro atoms. The molecule has 15 heavy (non-hydrogen) atoms. The van der Waals surface area contributed by atoms with E-state index < -0.39 is 0 Å². The average Bonchev–Trinajstić information content (AvgIpc) is 2.19. The van der Waals surface area contributed by atoms with Gasteiger partial charge >= 0.3 is 0 Å². The second-order valence-corrected chi connectivity index (χ2v) is 5.74. The van der Waals surface area contributed by atoms with Crippen LogP contribution in [0.3, 0.4) is 0 Å². The van der Waals surface area contributed by atoms with Crippen molar-refractivity contribution in [2.24, 2.45) is 5.41 Å². The quantitative estimate of drug-likeness (QED) is 0.475. The molecule has 0 aliphatic rings. The first-order valence-corrected chi connectivity index (χ1v) is 7.03. The van der Waals surface area contributed by atoms with Crippen LogP contribution in [0.15, 0.2) is 0 Å². The van der Waals surface area contributed by atoms with Crippen molar-refractivity contribution in [3.05, 3.63) is 0 Å². The molecular weight excluding hydrogens is 303 g/mol. The Balaban J connectivity index is 4.57. The number of hydrogen-bond donors (Lipinski definition) is 0. The van der Waals surface area contributed by atoms with Crippen molar-refractivity contribution in [2.75, 3.05) is 27.4 Å². The molecule has 3 heteroatoms. The molecule has 0 saturated heterocycles. The molecule has 0 saturated carbocycles. The summed E-state index contributed by atoms with van der Waals surface area (Å²) in [6.45, 7) is 6.09. The zero-order valence-electron chi connectivity index (χ0n) is 10.5. The van der Waals surface area contributed by atoms with Crippen LogP contribution in [0.25, 0.3) is 0 Å². The van der Waals surface area contributed by atoms with Crippen LogP contribution in [-0.2, 0) is 9.47 Å². The monoisotopic (exact) mass is 328 g/mol. The number of methoxy groups -OCH3 is 2. The normalized spacial score (nSPS) is 14.2. The predicted octanol–water partition coefficient (Wildman–Crippen LogP) is 3.67. The Morgan fingerprint density at radius 1 is 1.07 bits per heavy atom. The Bertz CT molecular complexity index is 134. The van der Waals surface area contributed by atoms with Gasteiger partial charge in [0.05, 0.1) is 13.2 Å². The standard InChI is InChI=1S/C12H25IO2/c1-5-7-11(13)12(8-6-2,9-14-3)10-15-4/h11H,5-10H2,1-4H3. The van der Waals surface area contributed by atoms with Crippen LogP contribution in [0.1, 0.15) is 39.5 Å². The molecule has 0 amide bonds. The lowest BCUT2D eigenvalue weighted by atomic mass is 9.80. The molecule has 0 radical (unpaired) electrons. The second-order valence-electron chi connectivity index (χ2n) is 4.23. The maximum absolute atomic E-state index is 5.40. The first kappa shape index (κ1) is 15.7. The second kappa shape index (κ2) is 8.76. The van der Waals surface area contributed by atoms with Crippen LogP contribution in [0.5, 0.6) is 0 Å². The highest BCUT2D eigenvalue weighted by atomic mass is 127. The predicted molar refractivity (Wildman–Crippen MR) is 73.8 cm³/mol. The molecule has 92 valence electrons. The third-order valence-electron chi connectivity index (χ3n) is 2.82. The SMILES string of the molecule is CCCC(I)C(CCC)(COC)COC. The summed E-state index contributed by atoms with van der Waals surface area (Å²) in [5, 5.41) is 0. The smallest absolute Gasteiger partial charge is 0.0550 e. The maximum atomic E-state index is 5.40. The molecule has 0 aromatic rings. The van der Waals surface area contributed by atoms with Crippen LogP contribution in [0, 0.1) is 5.41 Å². The van der Waals surface area contributed by atoms with Gasteiger partial charge in [-0.15, -0.1) is 0 Å². The number of halogens is 1. The van der Waals surface area contributed by atoms with E-state index in [0.29, 0.717) is 3.92 Å². The summed E-state index contributed by atoms with van der Waals surface area (Å²) in [6, 6.07) is 0. The number of ether oxygens (including phenoxy) is 2. The lowest BCUT2D eigenvalue weighted by molar-refractivity contribution is 0.00411. The lowest BCUT2D eigenvalue weighted by Crippen LogP contribution is -2.40. The van der Waals surface area contributed by atoms with Gasteiger partial charge in [0.2, 0.25) is 0 Å². The van der Waals surface area contributed by atoms with E-state index in [9.17, 15) is 0 Å². The first-order valence-electron chi connectivity index (χ1n) is 5.78. The molecule has 2 nitrogen and oxygen atoms in total. The molecule has 0 heterocycles. The molecule has 0 rings (SSSR count). The fourth-order valence-electron chi connectivity index (χ4n) is 2.16. The van der Waals surface area contributed by atoms with Crippen molar-refractivity contribution in [2.45, 2.75) is 43.5 Å². The van der Waals surface area contributed by atoms with Crippen molar-refractivity contribution < 1.29 is 9.47 Å². The van der Waals surface area contributed by atoms with Gasteiger partial charge in [-0.1, -0.05) is 49.3 Å². The van der Waals surface area contributed by atoms with Gasteiger partial charge < -0.3 is 9.47 Å². The van der Waals surface area contributed by atoms with Crippen LogP contribution >= 0.6 is 22.6 Å². The van der Waals surface area contributed by atoms with Crippen molar-refractivity contribution >= 4 is 22.6 Å². The summed E-state index contributed by atoms with van der Waals surface area (Å²) >= 11 is 2.57. The van der Waals surface area contributed by atoms with Crippen LogP contribution < -0.4 is 0 Å². The summed E-state index contributed by atoms with van der Waals surface area (Å²) in [7, 11) is 3.57. The largest absolute Gasteiger partial charge is 0.384 e. The Labute approximate surface area is 108 Å². The van der Waals surface area contributed by atoms with Gasteiger partial charge in [-0.25, -0.2) is 0 Å². The fourth-order valence-corrected chi connectivity index (χ4v) is 3.45. The summed E-state index contributed by atoms with van der Waals surface area (Å²) in [6.07, 6.45) is 4.85. The zero-order chi connectivity index (χ0) is 11.7. The Morgan fingerprint density at radius 2 is 1.60 bits per heavy atom. The minimum Gasteiger partial charge on any atom is -0.384 e. The molecule has 0 fully saturated rings. The van der Waals surface area contributed by atoms with Gasteiger partial charge in [-0.2, -0.15) is 0 Å². The summed E-state index contributed by atoms with van der Waals surface area (Å²) < 4.78 is 11.4. The van der Waals surface area contributed by atoms with Crippen LogP contribution in [0.4, 0.5) is 0 Å². The molecular formula is C12H25IO2. The van der Waals surface area contributed by atoms with Crippen molar-refractivity contribution in [1.29, 1.82) is 0 Å². The highest BCUT2D eigenvalue weighted by Crippen LogP contribution is 2.36. The summed E-state index contributed by atoms with van der Waals surface area (Å²) in [5.41, 5.74) is 0.203. The molecule has 1 unspecified atom stereocenters. The van der Waals surface area contributed by atoms with E-state index in [2.05, 4.69) is 36.4 Å². The molecule has 0 aliphatic heterocycles. The van der Waals surface area contributed by atoms with Crippen molar-refractivity contribution in [3.63, 3.8) is 0 Å². The van der Waals surface area contributed by atoms with E-state index in [-0.39, 0.29) is 5.41 Å². The van der Waals surface area contributed by atoms with Crippen LogP contribution in [-0.4, -0.2) is 31.4 Å².